The first kappa shape index (κ1) is 17.7. The highest BCUT2D eigenvalue weighted by atomic mass is 32.3. The van der Waals surface area contributed by atoms with Crippen LogP contribution in [-0.2, 0) is 14.6 Å². The molecule has 7 nitrogen and oxygen atoms in total. The van der Waals surface area contributed by atoms with Crippen LogP contribution < -0.4 is 5.32 Å². The molecule has 21 heavy (non-hydrogen) atoms. The lowest BCUT2D eigenvalue weighted by Crippen LogP contribution is -2.39. The van der Waals surface area contributed by atoms with Gasteiger partial charge in [-0.1, -0.05) is 6.07 Å². The summed E-state index contributed by atoms with van der Waals surface area (Å²) in [6, 6.07) is 2.67. The van der Waals surface area contributed by atoms with Crippen LogP contribution in [0.4, 0.5) is 0 Å². The standard InChI is InChI=1S/C13H21NO6S/c1-8-9(5-6-10(15)12(8)16)11(20-21(17,18)19)7-14-13(2,3)4/h5-6,11,14-16H,7H2,1-4H3,(H,17,18,19). The number of hydrogen-bond donors (Lipinski definition) is 4. The van der Waals surface area contributed by atoms with E-state index in [1.165, 1.54) is 19.1 Å². The fraction of sp³-hybridized carbons (Fsp3) is 0.538. The first-order chi connectivity index (χ1) is 9.41. The third-order valence-corrected chi connectivity index (χ3v) is 3.33. The van der Waals surface area contributed by atoms with E-state index >= 15 is 0 Å². The highest BCUT2D eigenvalue weighted by molar-refractivity contribution is 7.80. The Bertz CT molecular complexity index is 606. The minimum atomic E-state index is -4.66. The minimum Gasteiger partial charge on any atom is -0.504 e. The van der Waals surface area contributed by atoms with E-state index in [-0.39, 0.29) is 29.1 Å². The van der Waals surface area contributed by atoms with Crippen LogP contribution >= 0.6 is 0 Å². The molecule has 0 aliphatic heterocycles. The molecule has 0 saturated carbocycles. The summed E-state index contributed by atoms with van der Waals surface area (Å²) in [5, 5.41) is 22.2. The summed E-state index contributed by atoms with van der Waals surface area (Å²) in [5.41, 5.74) is 0.326. The van der Waals surface area contributed by atoms with Crippen molar-refractivity contribution in [1.82, 2.24) is 5.32 Å². The maximum atomic E-state index is 11.0. The second-order valence-electron chi connectivity index (χ2n) is 5.79. The maximum Gasteiger partial charge on any atom is 0.397 e. The van der Waals surface area contributed by atoms with Gasteiger partial charge in [0, 0.05) is 17.6 Å². The van der Waals surface area contributed by atoms with Crippen LogP contribution in [0.2, 0.25) is 0 Å². The summed E-state index contributed by atoms with van der Waals surface area (Å²) in [6.45, 7) is 7.27. The average molecular weight is 319 g/mol. The summed E-state index contributed by atoms with van der Waals surface area (Å²) in [6.07, 6.45) is -1.04. The largest absolute Gasteiger partial charge is 0.504 e. The Morgan fingerprint density at radius 1 is 1.29 bits per heavy atom. The first-order valence-electron chi connectivity index (χ1n) is 6.33. The summed E-state index contributed by atoms with van der Waals surface area (Å²) in [5.74, 6) is -0.669. The lowest BCUT2D eigenvalue weighted by molar-refractivity contribution is 0.170. The zero-order valence-corrected chi connectivity index (χ0v) is 13.2. The van der Waals surface area contributed by atoms with E-state index in [9.17, 15) is 18.6 Å². The third-order valence-electron chi connectivity index (χ3n) is 2.85. The zero-order chi connectivity index (χ0) is 16.4. The molecule has 0 radical (unpaired) electrons. The number of phenolic OH excluding ortho intramolecular Hbond substituents is 2. The molecular weight excluding hydrogens is 298 g/mol. The molecule has 0 bridgehead atoms. The summed E-state index contributed by atoms with van der Waals surface area (Å²) in [7, 11) is -4.66. The molecule has 1 rings (SSSR count). The van der Waals surface area contributed by atoms with E-state index in [0.717, 1.165) is 0 Å². The Labute approximate surface area is 124 Å². The minimum absolute atomic E-state index is 0.0916. The monoisotopic (exact) mass is 319 g/mol. The number of benzene rings is 1. The van der Waals surface area contributed by atoms with E-state index in [1.54, 1.807) is 0 Å². The van der Waals surface area contributed by atoms with Gasteiger partial charge in [0.15, 0.2) is 11.5 Å². The van der Waals surface area contributed by atoms with Crippen LogP contribution in [-0.4, -0.2) is 35.3 Å². The van der Waals surface area contributed by atoms with Gasteiger partial charge in [0.2, 0.25) is 0 Å². The van der Waals surface area contributed by atoms with Gasteiger partial charge in [0.1, 0.15) is 6.10 Å². The maximum absolute atomic E-state index is 11.0. The Balaban J connectivity index is 3.15. The highest BCUT2D eigenvalue weighted by Gasteiger charge is 2.24. The van der Waals surface area contributed by atoms with E-state index in [1.807, 2.05) is 20.8 Å². The van der Waals surface area contributed by atoms with Crippen LogP contribution in [0.25, 0.3) is 0 Å². The van der Waals surface area contributed by atoms with E-state index in [2.05, 4.69) is 9.50 Å². The molecule has 0 aromatic heterocycles. The van der Waals surface area contributed by atoms with Crippen molar-refractivity contribution in [3.8, 4) is 11.5 Å². The molecule has 4 N–H and O–H groups in total. The van der Waals surface area contributed by atoms with Gasteiger partial charge in [0.25, 0.3) is 0 Å². The predicted molar refractivity (Wildman–Crippen MR) is 77.6 cm³/mol. The van der Waals surface area contributed by atoms with Gasteiger partial charge in [-0.15, -0.1) is 0 Å². The second-order valence-corrected chi connectivity index (χ2v) is 6.84. The Hall–Kier alpha value is -1.35. The molecule has 120 valence electrons. The van der Waals surface area contributed by atoms with Crippen LogP contribution in [0.5, 0.6) is 11.5 Å². The molecule has 0 heterocycles. The molecule has 1 atom stereocenters. The van der Waals surface area contributed by atoms with Gasteiger partial charge >= 0.3 is 10.4 Å². The van der Waals surface area contributed by atoms with E-state index in [0.29, 0.717) is 5.56 Å². The molecule has 0 saturated heterocycles. The van der Waals surface area contributed by atoms with E-state index < -0.39 is 16.5 Å². The van der Waals surface area contributed by atoms with Gasteiger partial charge in [-0.2, -0.15) is 8.42 Å². The summed E-state index contributed by atoms with van der Waals surface area (Å²) in [4.78, 5) is 0. The number of hydrogen-bond acceptors (Lipinski definition) is 6. The van der Waals surface area contributed by atoms with Crippen LogP contribution in [0.1, 0.15) is 38.0 Å². The Morgan fingerprint density at radius 2 is 1.86 bits per heavy atom. The summed E-state index contributed by atoms with van der Waals surface area (Å²) >= 11 is 0. The van der Waals surface area contributed by atoms with Crippen molar-refractivity contribution in [3.05, 3.63) is 23.3 Å². The Morgan fingerprint density at radius 3 is 2.33 bits per heavy atom. The van der Waals surface area contributed by atoms with Crippen molar-refractivity contribution < 1.29 is 27.4 Å². The van der Waals surface area contributed by atoms with Crippen molar-refractivity contribution in [3.63, 3.8) is 0 Å². The van der Waals surface area contributed by atoms with E-state index in [4.69, 9.17) is 4.55 Å². The van der Waals surface area contributed by atoms with Gasteiger partial charge in [-0.3, -0.25) is 4.55 Å². The van der Waals surface area contributed by atoms with Crippen LogP contribution in [0, 0.1) is 6.92 Å². The van der Waals surface area contributed by atoms with Gasteiger partial charge < -0.3 is 15.5 Å². The lowest BCUT2D eigenvalue weighted by Gasteiger charge is -2.25. The lowest BCUT2D eigenvalue weighted by atomic mass is 10.0. The third kappa shape index (κ3) is 5.50. The molecule has 0 fully saturated rings. The molecular formula is C13H21NO6S. The molecule has 1 aromatic rings. The second kappa shape index (κ2) is 6.18. The highest BCUT2D eigenvalue weighted by Crippen LogP contribution is 2.34. The molecule has 0 amide bonds. The predicted octanol–water partition coefficient (Wildman–Crippen LogP) is 1.65. The number of phenols is 2. The van der Waals surface area contributed by atoms with Gasteiger partial charge in [-0.25, -0.2) is 4.18 Å². The molecule has 0 aliphatic rings. The van der Waals surface area contributed by atoms with Crippen molar-refractivity contribution in [2.45, 2.75) is 39.3 Å². The fourth-order valence-corrected chi connectivity index (χ4v) is 2.26. The zero-order valence-electron chi connectivity index (χ0n) is 12.4. The van der Waals surface area contributed by atoms with Crippen molar-refractivity contribution in [2.75, 3.05) is 6.54 Å². The molecule has 8 heteroatoms. The van der Waals surface area contributed by atoms with Crippen molar-refractivity contribution in [1.29, 1.82) is 0 Å². The normalized spacial score (nSPS) is 14.1. The van der Waals surface area contributed by atoms with Crippen LogP contribution in [0.15, 0.2) is 12.1 Å². The van der Waals surface area contributed by atoms with Crippen molar-refractivity contribution >= 4 is 10.4 Å². The van der Waals surface area contributed by atoms with Gasteiger partial charge in [-0.05, 0) is 39.3 Å². The topological polar surface area (TPSA) is 116 Å². The fourth-order valence-electron chi connectivity index (χ4n) is 1.79. The number of aromatic hydroxyl groups is 2. The molecule has 1 aromatic carbocycles. The number of nitrogens with one attached hydrogen (secondary N) is 1. The quantitative estimate of drug-likeness (QED) is 0.481. The first-order valence-corrected chi connectivity index (χ1v) is 7.69. The van der Waals surface area contributed by atoms with Crippen LogP contribution in [0.3, 0.4) is 0 Å². The average Bonchev–Trinajstić information content (AvgIpc) is 2.30. The number of rotatable bonds is 5. The Kier molecular flexibility index (Phi) is 5.21. The van der Waals surface area contributed by atoms with Gasteiger partial charge in [0.05, 0.1) is 0 Å². The molecule has 1 unspecified atom stereocenters. The SMILES string of the molecule is Cc1c(C(CNC(C)(C)C)OS(=O)(=O)O)ccc(O)c1O. The molecule has 0 aliphatic carbocycles. The summed E-state index contributed by atoms with van der Waals surface area (Å²) < 4.78 is 35.6. The molecule has 0 spiro atoms. The van der Waals surface area contributed by atoms with Crippen molar-refractivity contribution in [2.24, 2.45) is 0 Å². The smallest absolute Gasteiger partial charge is 0.397 e.